The van der Waals surface area contributed by atoms with Crippen molar-refractivity contribution in [2.24, 2.45) is 0 Å². The summed E-state index contributed by atoms with van der Waals surface area (Å²) in [6.45, 7) is 4.17. The Morgan fingerprint density at radius 1 is 1.27 bits per heavy atom. The van der Waals surface area contributed by atoms with Crippen LogP contribution in [0.1, 0.15) is 24.7 Å². The third-order valence-corrected chi connectivity index (χ3v) is 3.08. The number of nitrogens with zero attached hydrogens (tertiary/aromatic N) is 2. The van der Waals surface area contributed by atoms with Crippen LogP contribution in [-0.2, 0) is 6.42 Å². The summed E-state index contributed by atoms with van der Waals surface area (Å²) < 4.78 is 0. The van der Waals surface area contributed by atoms with Gasteiger partial charge in [-0.3, -0.25) is 4.98 Å². The molecule has 0 amide bonds. The fraction of sp³-hybridized carbons (Fsp3) is 0.333. The van der Waals surface area contributed by atoms with Crippen LogP contribution in [0.2, 0.25) is 0 Å². The van der Waals surface area contributed by atoms with Gasteiger partial charge in [0, 0.05) is 11.1 Å². The van der Waals surface area contributed by atoms with E-state index in [0.29, 0.717) is 0 Å². The molecule has 0 N–H and O–H groups in total. The summed E-state index contributed by atoms with van der Waals surface area (Å²) in [5.74, 6) is 0. The highest BCUT2D eigenvalue weighted by atomic mass is 32.1. The molecule has 0 atom stereocenters. The first kappa shape index (κ1) is 10.3. The van der Waals surface area contributed by atoms with E-state index < -0.39 is 0 Å². The summed E-state index contributed by atoms with van der Waals surface area (Å²) >= 11 is 1.68. The van der Waals surface area contributed by atoms with E-state index in [9.17, 15) is 0 Å². The van der Waals surface area contributed by atoms with Crippen molar-refractivity contribution in [1.29, 1.82) is 0 Å². The maximum absolute atomic E-state index is 4.57. The van der Waals surface area contributed by atoms with Crippen LogP contribution in [0.5, 0.6) is 0 Å². The topological polar surface area (TPSA) is 25.8 Å². The zero-order valence-electron chi connectivity index (χ0n) is 9.03. The minimum atomic E-state index is 0.988. The Labute approximate surface area is 94.0 Å². The lowest BCUT2D eigenvalue weighted by atomic mass is 10.3. The molecule has 3 heteroatoms. The van der Waals surface area contributed by atoms with E-state index in [0.717, 1.165) is 29.2 Å². The number of hydrogen-bond acceptors (Lipinski definition) is 3. The van der Waals surface area contributed by atoms with Gasteiger partial charge in [0.2, 0.25) is 0 Å². The highest BCUT2D eigenvalue weighted by Crippen LogP contribution is 2.22. The van der Waals surface area contributed by atoms with E-state index in [1.165, 1.54) is 5.69 Å². The minimum absolute atomic E-state index is 0.988. The van der Waals surface area contributed by atoms with Crippen LogP contribution >= 0.6 is 11.3 Å². The van der Waals surface area contributed by atoms with Gasteiger partial charge in [0.15, 0.2) is 0 Å². The average Bonchev–Trinajstić information content (AvgIpc) is 2.67. The highest BCUT2D eigenvalue weighted by Gasteiger charge is 2.05. The molecule has 0 aliphatic rings. The van der Waals surface area contributed by atoms with Gasteiger partial charge in [-0.05, 0) is 25.5 Å². The summed E-state index contributed by atoms with van der Waals surface area (Å²) in [4.78, 5) is 9.03. The van der Waals surface area contributed by atoms with Gasteiger partial charge in [-0.25, -0.2) is 4.98 Å². The standard InChI is InChI=1S/C12H14N2S/c1-3-5-10-8-15-12(14-10)11-7-4-6-9(2)13-11/h4,6-8H,3,5H2,1-2H3. The lowest BCUT2D eigenvalue weighted by Gasteiger charge is -1.96. The fourth-order valence-electron chi connectivity index (χ4n) is 1.46. The van der Waals surface area contributed by atoms with Crippen LogP contribution in [-0.4, -0.2) is 9.97 Å². The first-order valence-electron chi connectivity index (χ1n) is 5.18. The Balaban J connectivity index is 2.29. The molecule has 15 heavy (non-hydrogen) atoms. The fourth-order valence-corrected chi connectivity index (χ4v) is 2.28. The molecule has 0 unspecified atom stereocenters. The molecule has 2 rings (SSSR count). The Bertz CT molecular complexity index is 448. The van der Waals surface area contributed by atoms with E-state index in [1.807, 2.05) is 25.1 Å². The summed E-state index contributed by atoms with van der Waals surface area (Å²) in [5, 5.41) is 3.16. The Hall–Kier alpha value is -1.22. The van der Waals surface area contributed by atoms with Gasteiger partial charge in [-0.1, -0.05) is 19.4 Å². The molecule has 2 nitrogen and oxygen atoms in total. The summed E-state index contributed by atoms with van der Waals surface area (Å²) in [7, 11) is 0. The molecule has 2 aromatic rings. The van der Waals surface area contributed by atoms with Gasteiger partial charge >= 0.3 is 0 Å². The predicted octanol–water partition coefficient (Wildman–Crippen LogP) is 3.47. The lowest BCUT2D eigenvalue weighted by molar-refractivity contribution is 0.893. The molecule has 0 radical (unpaired) electrons. The average molecular weight is 218 g/mol. The molecule has 0 bridgehead atoms. The number of aromatic nitrogens is 2. The van der Waals surface area contributed by atoms with Crippen LogP contribution in [0.4, 0.5) is 0 Å². The first-order chi connectivity index (χ1) is 7.29. The van der Waals surface area contributed by atoms with Crippen molar-refractivity contribution in [3.8, 4) is 10.7 Å². The maximum atomic E-state index is 4.57. The largest absolute Gasteiger partial charge is 0.251 e. The normalized spacial score (nSPS) is 10.5. The Morgan fingerprint density at radius 2 is 2.13 bits per heavy atom. The van der Waals surface area contributed by atoms with Crippen molar-refractivity contribution in [1.82, 2.24) is 9.97 Å². The van der Waals surface area contributed by atoms with Crippen molar-refractivity contribution in [3.63, 3.8) is 0 Å². The minimum Gasteiger partial charge on any atom is -0.251 e. The summed E-state index contributed by atoms with van der Waals surface area (Å²) in [5.41, 5.74) is 3.21. The second kappa shape index (κ2) is 4.53. The molecular weight excluding hydrogens is 204 g/mol. The van der Waals surface area contributed by atoms with Crippen molar-refractivity contribution in [2.75, 3.05) is 0 Å². The van der Waals surface area contributed by atoms with E-state index >= 15 is 0 Å². The van der Waals surface area contributed by atoms with Crippen molar-refractivity contribution in [2.45, 2.75) is 26.7 Å². The van der Waals surface area contributed by atoms with Gasteiger partial charge in [0.05, 0.1) is 11.4 Å². The molecule has 2 heterocycles. The first-order valence-corrected chi connectivity index (χ1v) is 6.06. The van der Waals surface area contributed by atoms with E-state index in [4.69, 9.17) is 0 Å². The van der Waals surface area contributed by atoms with Crippen molar-refractivity contribution in [3.05, 3.63) is 35.0 Å². The molecule has 0 fully saturated rings. The zero-order chi connectivity index (χ0) is 10.7. The van der Waals surface area contributed by atoms with Gasteiger partial charge in [0.1, 0.15) is 5.01 Å². The van der Waals surface area contributed by atoms with Crippen molar-refractivity contribution < 1.29 is 0 Å². The molecule has 0 saturated carbocycles. The maximum Gasteiger partial charge on any atom is 0.142 e. The predicted molar refractivity (Wildman–Crippen MR) is 64.1 cm³/mol. The third kappa shape index (κ3) is 2.42. The van der Waals surface area contributed by atoms with Gasteiger partial charge in [-0.15, -0.1) is 11.3 Å². The number of thiazole rings is 1. The lowest BCUT2D eigenvalue weighted by Crippen LogP contribution is -1.87. The molecule has 0 saturated heterocycles. The molecule has 0 spiro atoms. The smallest absolute Gasteiger partial charge is 0.142 e. The van der Waals surface area contributed by atoms with Crippen molar-refractivity contribution >= 4 is 11.3 Å². The second-order valence-corrected chi connectivity index (χ2v) is 4.42. The quantitative estimate of drug-likeness (QED) is 0.788. The SMILES string of the molecule is CCCc1csc(-c2cccc(C)n2)n1. The van der Waals surface area contributed by atoms with E-state index in [2.05, 4.69) is 22.3 Å². The number of pyridine rings is 1. The van der Waals surface area contributed by atoms with Crippen LogP contribution < -0.4 is 0 Å². The van der Waals surface area contributed by atoms with Crippen LogP contribution in [0, 0.1) is 6.92 Å². The summed E-state index contributed by atoms with van der Waals surface area (Å²) in [6, 6.07) is 6.05. The van der Waals surface area contributed by atoms with Crippen LogP contribution in [0.15, 0.2) is 23.6 Å². The molecule has 0 aliphatic carbocycles. The highest BCUT2D eigenvalue weighted by molar-refractivity contribution is 7.13. The van der Waals surface area contributed by atoms with E-state index in [-0.39, 0.29) is 0 Å². The number of aryl methyl sites for hydroxylation is 2. The molecule has 2 aromatic heterocycles. The van der Waals surface area contributed by atoms with Gasteiger partial charge in [0.25, 0.3) is 0 Å². The molecule has 0 aliphatic heterocycles. The van der Waals surface area contributed by atoms with E-state index in [1.54, 1.807) is 11.3 Å². The Morgan fingerprint density at radius 3 is 2.87 bits per heavy atom. The number of hydrogen-bond donors (Lipinski definition) is 0. The van der Waals surface area contributed by atoms with Crippen LogP contribution in [0.3, 0.4) is 0 Å². The van der Waals surface area contributed by atoms with Gasteiger partial charge in [-0.2, -0.15) is 0 Å². The molecule has 78 valence electrons. The second-order valence-electron chi connectivity index (χ2n) is 3.56. The Kier molecular flexibility index (Phi) is 3.11. The molecular formula is C12H14N2S. The third-order valence-electron chi connectivity index (χ3n) is 2.17. The van der Waals surface area contributed by atoms with Gasteiger partial charge < -0.3 is 0 Å². The number of rotatable bonds is 3. The zero-order valence-corrected chi connectivity index (χ0v) is 9.84. The molecule has 0 aromatic carbocycles. The summed E-state index contributed by atoms with van der Waals surface area (Å²) in [6.07, 6.45) is 2.20. The monoisotopic (exact) mass is 218 g/mol. The van der Waals surface area contributed by atoms with Crippen LogP contribution in [0.25, 0.3) is 10.7 Å².